The van der Waals surface area contributed by atoms with E-state index in [4.69, 9.17) is 23.7 Å². The minimum absolute atomic E-state index is 0.0880. The molecule has 0 amide bonds. The Bertz CT molecular complexity index is 1330. The van der Waals surface area contributed by atoms with Crippen LogP contribution < -0.4 is 0 Å². The van der Waals surface area contributed by atoms with Crippen LogP contribution in [0.15, 0.2) is 0 Å². The van der Waals surface area contributed by atoms with Crippen LogP contribution in [0.2, 0.25) is 0 Å². The van der Waals surface area contributed by atoms with Crippen molar-refractivity contribution in [3.05, 3.63) is 0 Å². The molecule has 10 nitrogen and oxygen atoms in total. The van der Waals surface area contributed by atoms with Gasteiger partial charge in [-0.25, -0.2) is 0 Å². The maximum atomic E-state index is 13.9. The lowest BCUT2D eigenvalue weighted by Crippen LogP contribution is -2.62. The summed E-state index contributed by atoms with van der Waals surface area (Å²) in [5.74, 6) is -1.51. The number of hydrogen-bond acceptors (Lipinski definition) is 11. The van der Waals surface area contributed by atoms with E-state index in [1.807, 2.05) is 0 Å². The van der Waals surface area contributed by atoms with Gasteiger partial charge in [0.1, 0.15) is 23.9 Å². The number of rotatable bonds is 47. The fourth-order valence-corrected chi connectivity index (χ4v) is 11.3. The highest BCUT2D eigenvalue weighted by atomic mass is 32.2. The fourth-order valence-electron chi connectivity index (χ4n) is 9.81. The summed E-state index contributed by atoms with van der Waals surface area (Å²) in [5, 5.41) is -0.0880. The molecule has 0 N–H and O–H groups in total. The van der Waals surface area contributed by atoms with Crippen molar-refractivity contribution in [1.82, 2.24) is 0 Å². The molecule has 0 radical (unpaired) electrons. The van der Waals surface area contributed by atoms with Gasteiger partial charge in [-0.05, 0) is 32.1 Å². The van der Waals surface area contributed by atoms with Crippen molar-refractivity contribution >= 4 is 41.4 Å². The topological polar surface area (TPSA) is 132 Å². The fraction of sp³-hybridized carbons (Fsp3) is 0.915. The van der Waals surface area contributed by atoms with E-state index >= 15 is 0 Å². The van der Waals surface area contributed by atoms with Crippen molar-refractivity contribution in [2.75, 3.05) is 6.61 Å². The number of ether oxygens (including phenoxy) is 5. The number of carbonyl (C=O) groups is 5. The second-order valence-corrected chi connectivity index (χ2v) is 22.3. The van der Waals surface area contributed by atoms with Crippen molar-refractivity contribution in [3.8, 4) is 0 Å². The van der Waals surface area contributed by atoms with Crippen molar-refractivity contribution < 1.29 is 47.7 Å². The molecular formula is C59H106O10S. The third kappa shape index (κ3) is 32.8. The third-order valence-electron chi connectivity index (χ3n) is 14.3. The van der Waals surface area contributed by atoms with Crippen LogP contribution in [0.1, 0.15) is 304 Å². The number of hydrogen-bond donors (Lipinski definition) is 0. The predicted molar refractivity (Wildman–Crippen MR) is 287 cm³/mol. The van der Waals surface area contributed by atoms with E-state index in [2.05, 4.69) is 27.7 Å². The van der Waals surface area contributed by atoms with Crippen LogP contribution in [0.3, 0.4) is 0 Å². The number of thioether (sulfide) groups is 1. The van der Waals surface area contributed by atoms with Crippen molar-refractivity contribution in [2.45, 2.75) is 339 Å². The zero-order chi connectivity index (χ0) is 50.7. The quantitative estimate of drug-likeness (QED) is 0.0328. The van der Waals surface area contributed by atoms with Crippen LogP contribution in [0, 0.1) is 0 Å². The molecule has 11 heteroatoms. The summed E-state index contributed by atoms with van der Waals surface area (Å²) in [6, 6.07) is 0. The van der Waals surface area contributed by atoms with Crippen molar-refractivity contribution in [3.63, 3.8) is 0 Å². The Labute approximate surface area is 432 Å². The average Bonchev–Trinajstić information content (AvgIpc) is 3.76. The Balaban J connectivity index is 2.30. The molecule has 2 aliphatic rings. The first kappa shape index (κ1) is 64.0. The monoisotopic (exact) mass is 1010 g/mol. The summed E-state index contributed by atoms with van der Waals surface area (Å²) in [6.07, 6.45) is 37.9. The van der Waals surface area contributed by atoms with E-state index in [1.54, 1.807) is 0 Å². The first-order valence-corrected chi connectivity index (χ1v) is 30.7. The Kier molecular flexibility index (Phi) is 40.5. The summed E-state index contributed by atoms with van der Waals surface area (Å²) in [4.78, 5) is 67.4. The van der Waals surface area contributed by atoms with Gasteiger partial charge in [0.2, 0.25) is 0 Å². The van der Waals surface area contributed by atoms with Crippen LogP contribution >= 0.6 is 11.8 Å². The van der Waals surface area contributed by atoms with Crippen LogP contribution in [0.4, 0.5) is 0 Å². The van der Waals surface area contributed by atoms with Gasteiger partial charge in [0.25, 0.3) is 0 Å². The summed E-state index contributed by atoms with van der Waals surface area (Å²) < 4.78 is 31.7. The average molecular weight is 1010 g/mol. The number of ketones is 1. The standard InChI is InChI=1S/C59H106O10S/c1-5-9-13-17-21-25-29-33-37-41-52(61)65-48-51-56(67-53(62)42-38-34-30-26-22-18-14-10-6-2)57(68-54(63)43-39-35-31-27-23-19-15-11-7-3)58(59(66-51)70-50-46-45-49(60)47-50)69-55(64)44-40-36-32-28-24-20-16-12-8-4/h50-51,56-59H,5-48H2,1-4H3/t50?,51-,56+,57+,58-,59-/m1/s1. The molecule has 408 valence electrons. The molecule has 1 aliphatic carbocycles. The molecule has 2 rings (SSSR count). The van der Waals surface area contributed by atoms with Gasteiger partial charge < -0.3 is 23.7 Å². The van der Waals surface area contributed by atoms with Gasteiger partial charge in [-0.1, -0.05) is 233 Å². The highest BCUT2D eigenvalue weighted by Crippen LogP contribution is 2.40. The molecule has 1 heterocycles. The summed E-state index contributed by atoms with van der Waals surface area (Å²) in [7, 11) is 0. The smallest absolute Gasteiger partial charge is 0.306 e. The lowest BCUT2D eigenvalue weighted by molar-refractivity contribution is -0.239. The Morgan fingerprint density at radius 1 is 0.429 bits per heavy atom. The zero-order valence-electron chi connectivity index (χ0n) is 45.6. The first-order chi connectivity index (χ1) is 34.2. The largest absolute Gasteiger partial charge is 0.463 e. The van der Waals surface area contributed by atoms with Gasteiger partial charge in [-0.15, -0.1) is 11.8 Å². The van der Waals surface area contributed by atoms with E-state index in [0.29, 0.717) is 38.5 Å². The predicted octanol–water partition coefficient (Wildman–Crippen LogP) is 16.5. The molecule has 70 heavy (non-hydrogen) atoms. The molecule has 1 aliphatic heterocycles. The second-order valence-electron chi connectivity index (χ2n) is 20.9. The summed E-state index contributed by atoms with van der Waals surface area (Å²) in [6.45, 7) is 8.69. The van der Waals surface area contributed by atoms with Gasteiger partial charge in [-0.2, -0.15) is 0 Å². The molecule has 2 fully saturated rings. The Morgan fingerprint density at radius 2 is 0.743 bits per heavy atom. The molecule has 1 saturated heterocycles. The molecular weight excluding hydrogens is 901 g/mol. The van der Waals surface area contributed by atoms with Gasteiger partial charge in [0.05, 0.1) is 0 Å². The molecule has 0 bridgehead atoms. The van der Waals surface area contributed by atoms with E-state index in [0.717, 1.165) is 83.5 Å². The van der Waals surface area contributed by atoms with E-state index in [1.165, 1.54) is 140 Å². The number of esters is 4. The van der Waals surface area contributed by atoms with Gasteiger partial charge in [0, 0.05) is 43.8 Å². The van der Waals surface area contributed by atoms with Crippen LogP contribution in [0.25, 0.3) is 0 Å². The molecule has 0 aromatic carbocycles. The number of carbonyl (C=O) groups excluding carboxylic acids is 5. The van der Waals surface area contributed by atoms with Gasteiger partial charge in [0.15, 0.2) is 18.3 Å². The van der Waals surface area contributed by atoms with E-state index in [-0.39, 0.29) is 49.3 Å². The number of Topliss-reactive ketones (excluding diaryl/α,β-unsaturated/α-hetero) is 1. The molecule has 6 atom stereocenters. The maximum absolute atomic E-state index is 13.9. The van der Waals surface area contributed by atoms with Crippen LogP contribution in [-0.4, -0.2) is 71.4 Å². The highest BCUT2D eigenvalue weighted by Gasteiger charge is 2.53. The molecule has 0 spiro atoms. The molecule has 1 unspecified atom stereocenters. The maximum Gasteiger partial charge on any atom is 0.306 e. The zero-order valence-corrected chi connectivity index (χ0v) is 46.4. The Hall–Kier alpha value is -2.14. The lowest BCUT2D eigenvalue weighted by Gasteiger charge is -2.45. The molecule has 1 saturated carbocycles. The SMILES string of the molecule is CCCCCCCCCCCC(=O)OC[C@H]1O[C@H](SC2CCC(=O)C2)[C@H](OC(=O)CCCCCCCCCCC)[C@@H](OC(=O)CCCCCCCCCCC)[C@H]1OC(=O)CCCCCCCCCCC. The third-order valence-corrected chi connectivity index (χ3v) is 15.7. The number of unbranched alkanes of at least 4 members (excludes halogenated alkanes) is 32. The van der Waals surface area contributed by atoms with Crippen molar-refractivity contribution in [1.29, 1.82) is 0 Å². The summed E-state index contributed by atoms with van der Waals surface area (Å²) >= 11 is 1.41. The van der Waals surface area contributed by atoms with Gasteiger partial charge in [-0.3, -0.25) is 24.0 Å². The normalized spacial score (nSPS) is 20.1. The first-order valence-electron chi connectivity index (χ1n) is 29.8. The van der Waals surface area contributed by atoms with E-state index in [9.17, 15) is 24.0 Å². The van der Waals surface area contributed by atoms with Crippen LogP contribution in [0.5, 0.6) is 0 Å². The second kappa shape index (κ2) is 44.4. The van der Waals surface area contributed by atoms with E-state index < -0.39 is 47.8 Å². The Morgan fingerprint density at radius 3 is 1.09 bits per heavy atom. The molecule has 0 aromatic heterocycles. The minimum atomic E-state index is -1.19. The minimum Gasteiger partial charge on any atom is -0.463 e. The van der Waals surface area contributed by atoms with Crippen molar-refractivity contribution in [2.24, 2.45) is 0 Å². The van der Waals surface area contributed by atoms with Crippen LogP contribution in [-0.2, 0) is 47.7 Å². The van der Waals surface area contributed by atoms with Gasteiger partial charge >= 0.3 is 23.9 Å². The summed E-state index contributed by atoms with van der Waals surface area (Å²) in [5.41, 5.74) is -0.846. The lowest BCUT2D eigenvalue weighted by atomic mass is 9.98. The molecule has 0 aromatic rings. The highest BCUT2D eigenvalue weighted by molar-refractivity contribution is 8.00.